The van der Waals surface area contributed by atoms with Gasteiger partial charge in [0.1, 0.15) is 5.82 Å². The fourth-order valence-corrected chi connectivity index (χ4v) is 2.64. The molecule has 0 spiro atoms. The SMILES string of the molecule is Cc1nc2c(c(C)c1Br)CCC(C)(C)N2C. The van der Waals surface area contributed by atoms with Crippen molar-refractivity contribution in [1.29, 1.82) is 0 Å². The first-order valence-electron chi connectivity index (χ1n) is 5.74. The molecule has 1 aromatic heterocycles. The summed E-state index contributed by atoms with van der Waals surface area (Å²) in [5.74, 6) is 1.16. The van der Waals surface area contributed by atoms with Crippen LogP contribution in [0.1, 0.15) is 37.1 Å². The maximum absolute atomic E-state index is 4.73. The number of nitrogens with zero attached hydrogens (tertiary/aromatic N) is 2. The first-order chi connectivity index (χ1) is 7.34. The van der Waals surface area contributed by atoms with Gasteiger partial charge >= 0.3 is 0 Å². The fourth-order valence-electron chi connectivity index (χ4n) is 2.31. The lowest BCUT2D eigenvalue weighted by Crippen LogP contribution is -2.45. The third-order valence-corrected chi connectivity index (χ3v) is 5.02. The third-order valence-electron chi connectivity index (χ3n) is 3.86. The van der Waals surface area contributed by atoms with Crippen molar-refractivity contribution < 1.29 is 0 Å². The molecule has 2 nitrogen and oxygen atoms in total. The Morgan fingerprint density at radius 2 is 1.94 bits per heavy atom. The van der Waals surface area contributed by atoms with E-state index in [1.807, 2.05) is 0 Å². The molecular formula is C13H19BrN2. The van der Waals surface area contributed by atoms with Crippen molar-refractivity contribution >= 4 is 21.7 Å². The van der Waals surface area contributed by atoms with Crippen molar-refractivity contribution in [3.8, 4) is 0 Å². The zero-order valence-corrected chi connectivity index (χ0v) is 12.3. The zero-order chi connectivity index (χ0) is 12.1. The molecular weight excluding hydrogens is 264 g/mol. The molecule has 16 heavy (non-hydrogen) atoms. The number of aryl methyl sites for hydroxylation is 1. The van der Waals surface area contributed by atoms with E-state index in [1.54, 1.807) is 0 Å². The summed E-state index contributed by atoms with van der Waals surface area (Å²) < 4.78 is 1.17. The van der Waals surface area contributed by atoms with Crippen LogP contribution in [0.3, 0.4) is 0 Å². The second-order valence-corrected chi connectivity index (χ2v) is 6.10. The fraction of sp³-hybridized carbons (Fsp3) is 0.615. The van der Waals surface area contributed by atoms with Gasteiger partial charge in [0.15, 0.2) is 0 Å². The Hall–Kier alpha value is -0.570. The van der Waals surface area contributed by atoms with Gasteiger partial charge < -0.3 is 4.90 Å². The quantitative estimate of drug-likeness (QED) is 0.723. The van der Waals surface area contributed by atoms with Crippen LogP contribution in [0.5, 0.6) is 0 Å². The van der Waals surface area contributed by atoms with E-state index in [0.717, 1.165) is 17.9 Å². The number of rotatable bonds is 0. The molecule has 0 radical (unpaired) electrons. The van der Waals surface area contributed by atoms with Crippen molar-refractivity contribution in [1.82, 2.24) is 4.98 Å². The van der Waals surface area contributed by atoms with Crippen LogP contribution in [0.4, 0.5) is 5.82 Å². The van der Waals surface area contributed by atoms with Crippen LogP contribution in [0.15, 0.2) is 4.47 Å². The highest BCUT2D eigenvalue weighted by molar-refractivity contribution is 9.10. The Labute approximate surface area is 106 Å². The summed E-state index contributed by atoms with van der Waals surface area (Å²) in [7, 11) is 2.15. The van der Waals surface area contributed by atoms with Crippen LogP contribution in [0.2, 0.25) is 0 Å². The topological polar surface area (TPSA) is 16.1 Å². The maximum atomic E-state index is 4.73. The molecule has 0 aliphatic carbocycles. The molecule has 88 valence electrons. The van der Waals surface area contributed by atoms with Crippen LogP contribution < -0.4 is 4.90 Å². The lowest BCUT2D eigenvalue weighted by Gasteiger charge is -2.42. The average molecular weight is 283 g/mol. The van der Waals surface area contributed by atoms with E-state index in [4.69, 9.17) is 4.98 Å². The number of fused-ring (bicyclic) bond motifs is 1. The van der Waals surface area contributed by atoms with E-state index >= 15 is 0 Å². The van der Waals surface area contributed by atoms with Crippen LogP contribution in [-0.2, 0) is 6.42 Å². The first-order valence-corrected chi connectivity index (χ1v) is 6.53. The summed E-state index contributed by atoms with van der Waals surface area (Å²) in [6, 6.07) is 0. The predicted octanol–water partition coefficient (Wildman–Crippen LogP) is 3.62. The summed E-state index contributed by atoms with van der Waals surface area (Å²) >= 11 is 3.63. The van der Waals surface area contributed by atoms with Crippen molar-refractivity contribution in [3.63, 3.8) is 0 Å². The van der Waals surface area contributed by atoms with E-state index < -0.39 is 0 Å². The first kappa shape index (κ1) is 11.9. The van der Waals surface area contributed by atoms with Gasteiger partial charge in [0.05, 0.1) is 5.69 Å². The van der Waals surface area contributed by atoms with Crippen molar-refractivity contribution in [2.24, 2.45) is 0 Å². The molecule has 2 rings (SSSR count). The van der Waals surface area contributed by atoms with Gasteiger partial charge in [-0.25, -0.2) is 4.98 Å². The summed E-state index contributed by atoms with van der Waals surface area (Å²) in [4.78, 5) is 7.05. The number of hydrogen-bond donors (Lipinski definition) is 0. The molecule has 0 unspecified atom stereocenters. The Kier molecular flexibility index (Phi) is 2.77. The second-order valence-electron chi connectivity index (χ2n) is 5.31. The lowest BCUT2D eigenvalue weighted by molar-refractivity contribution is 0.426. The summed E-state index contributed by atoms with van der Waals surface area (Å²) in [5.41, 5.74) is 4.05. The van der Waals surface area contributed by atoms with Crippen molar-refractivity contribution in [3.05, 3.63) is 21.3 Å². The summed E-state index contributed by atoms with van der Waals surface area (Å²) in [5, 5.41) is 0. The van der Waals surface area contributed by atoms with Crippen LogP contribution in [-0.4, -0.2) is 17.6 Å². The minimum Gasteiger partial charge on any atom is -0.354 e. The van der Waals surface area contributed by atoms with Crippen molar-refractivity contribution in [2.45, 2.75) is 46.1 Å². The monoisotopic (exact) mass is 282 g/mol. The molecule has 0 atom stereocenters. The lowest BCUT2D eigenvalue weighted by atomic mass is 9.87. The summed E-state index contributed by atoms with van der Waals surface area (Å²) in [6.45, 7) is 8.81. The molecule has 0 saturated carbocycles. The molecule has 1 aromatic rings. The van der Waals surface area contributed by atoms with Gasteiger partial charge in [-0.15, -0.1) is 0 Å². The smallest absolute Gasteiger partial charge is 0.132 e. The van der Waals surface area contributed by atoms with Gasteiger partial charge in [-0.1, -0.05) is 0 Å². The molecule has 0 bridgehead atoms. The highest BCUT2D eigenvalue weighted by Crippen LogP contribution is 2.38. The molecule has 0 amide bonds. The Morgan fingerprint density at radius 3 is 2.56 bits per heavy atom. The molecule has 2 heterocycles. The largest absolute Gasteiger partial charge is 0.354 e. The Balaban J connectivity index is 2.62. The number of anilines is 1. The van der Waals surface area contributed by atoms with Gasteiger partial charge in [-0.2, -0.15) is 0 Å². The number of hydrogen-bond acceptors (Lipinski definition) is 2. The van der Waals surface area contributed by atoms with Gasteiger partial charge in [0.2, 0.25) is 0 Å². The minimum absolute atomic E-state index is 0.215. The molecule has 0 fully saturated rings. The van der Waals surface area contributed by atoms with Crippen LogP contribution in [0.25, 0.3) is 0 Å². The van der Waals surface area contributed by atoms with Gasteiger partial charge in [-0.3, -0.25) is 0 Å². The van der Waals surface area contributed by atoms with Crippen LogP contribution in [0, 0.1) is 13.8 Å². The van der Waals surface area contributed by atoms with Gasteiger partial charge in [0, 0.05) is 17.1 Å². The molecule has 1 aliphatic heterocycles. The molecule has 1 aliphatic rings. The number of pyridine rings is 1. The minimum atomic E-state index is 0.215. The zero-order valence-electron chi connectivity index (χ0n) is 10.7. The highest BCUT2D eigenvalue weighted by Gasteiger charge is 2.32. The van der Waals surface area contributed by atoms with Crippen molar-refractivity contribution in [2.75, 3.05) is 11.9 Å². The highest BCUT2D eigenvalue weighted by atomic mass is 79.9. The van der Waals surface area contributed by atoms with E-state index in [1.165, 1.54) is 22.0 Å². The average Bonchev–Trinajstić information content (AvgIpc) is 2.21. The number of aromatic nitrogens is 1. The molecule has 0 aromatic carbocycles. The molecule has 3 heteroatoms. The van der Waals surface area contributed by atoms with Gasteiger partial charge in [0.25, 0.3) is 0 Å². The standard InChI is InChI=1S/C13H19BrN2/c1-8-10-6-7-13(3,4)16(5)12(10)15-9(2)11(8)14/h6-7H2,1-5H3. The van der Waals surface area contributed by atoms with E-state index in [2.05, 4.69) is 55.6 Å². The van der Waals surface area contributed by atoms with Crippen LogP contribution >= 0.6 is 15.9 Å². The van der Waals surface area contributed by atoms with Gasteiger partial charge in [-0.05, 0) is 67.6 Å². The predicted molar refractivity (Wildman–Crippen MR) is 72.2 cm³/mol. The maximum Gasteiger partial charge on any atom is 0.132 e. The van der Waals surface area contributed by atoms with E-state index in [9.17, 15) is 0 Å². The van der Waals surface area contributed by atoms with E-state index in [-0.39, 0.29) is 5.54 Å². The number of halogens is 1. The Morgan fingerprint density at radius 1 is 1.31 bits per heavy atom. The summed E-state index contributed by atoms with van der Waals surface area (Å²) in [6.07, 6.45) is 2.32. The Bertz CT molecular complexity index is 438. The normalized spacial score (nSPS) is 18.5. The second kappa shape index (κ2) is 3.73. The molecule has 0 saturated heterocycles. The van der Waals surface area contributed by atoms with E-state index in [0.29, 0.717) is 0 Å². The third kappa shape index (κ3) is 1.65. The molecule has 0 N–H and O–H groups in total.